The van der Waals surface area contributed by atoms with E-state index in [4.69, 9.17) is 4.74 Å². The molecule has 128 valence electrons. The molecular weight excluding hydrogens is 343 g/mol. The molecule has 0 saturated carbocycles. The molecule has 0 aliphatic rings. The first-order valence-electron chi connectivity index (χ1n) is 7.47. The van der Waals surface area contributed by atoms with Crippen LogP contribution in [0.5, 0.6) is 0 Å². The van der Waals surface area contributed by atoms with Crippen molar-refractivity contribution in [2.24, 2.45) is 0 Å². The van der Waals surface area contributed by atoms with Crippen molar-refractivity contribution in [1.29, 1.82) is 0 Å². The summed E-state index contributed by atoms with van der Waals surface area (Å²) < 4.78 is 20.7. The van der Waals surface area contributed by atoms with Gasteiger partial charge in [0.05, 0.1) is 12.8 Å². The number of esters is 1. The van der Waals surface area contributed by atoms with Gasteiger partial charge in [0.2, 0.25) is 0 Å². The molecule has 25 heavy (non-hydrogen) atoms. The number of ether oxygens (including phenoxy) is 1. The summed E-state index contributed by atoms with van der Waals surface area (Å²) in [6.45, 7) is 1.70. The summed E-state index contributed by atoms with van der Waals surface area (Å²) in [5, 5.41) is 8.19. The Morgan fingerprint density at radius 2 is 2.04 bits per heavy atom. The van der Waals surface area contributed by atoms with Crippen LogP contribution in [0, 0.1) is 5.82 Å². The fraction of sp³-hybridized carbons (Fsp3) is 0.176. The topological polar surface area (TPSA) is 69.9 Å². The minimum Gasteiger partial charge on any atom is -0.468 e. The molecule has 1 atom stereocenters. The van der Waals surface area contributed by atoms with Crippen LogP contribution in [0.1, 0.15) is 6.92 Å². The Balaban J connectivity index is 2.12. The van der Waals surface area contributed by atoms with Gasteiger partial charge in [-0.3, -0.25) is 14.3 Å². The number of carbonyl (C=O) groups excluding carboxylic acids is 1. The summed E-state index contributed by atoms with van der Waals surface area (Å²) in [4.78, 5) is 15.8. The highest BCUT2D eigenvalue weighted by molar-refractivity contribution is 8.00. The zero-order chi connectivity index (χ0) is 17.8. The van der Waals surface area contributed by atoms with Crippen molar-refractivity contribution in [1.82, 2.24) is 19.7 Å². The Hall–Kier alpha value is -2.74. The molecule has 0 N–H and O–H groups in total. The third kappa shape index (κ3) is 3.53. The number of nitrogens with zero attached hydrogens (tertiary/aromatic N) is 4. The van der Waals surface area contributed by atoms with Crippen LogP contribution in [0.4, 0.5) is 4.39 Å². The number of methoxy groups -OCH3 is 1. The summed E-state index contributed by atoms with van der Waals surface area (Å²) in [5.41, 5.74) is 0.988. The number of rotatable bonds is 5. The molecule has 6 nitrogen and oxygen atoms in total. The quantitative estimate of drug-likeness (QED) is 0.516. The van der Waals surface area contributed by atoms with Crippen molar-refractivity contribution in [3.63, 3.8) is 0 Å². The van der Waals surface area contributed by atoms with Gasteiger partial charge in [0.25, 0.3) is 0 Å². The highest BCUT2D eigenvalue weighted by atomic mass is 32.2. The molecule has 0 aliphatic heterocycles. The Kier molecular flexibility index (Phi) is 5.08. The molecule has 0 amide bonds. The van der Waals surface area contributed by atoms with Crippen molar-refractivity contribution < 1.29 is 13.9 Å². The van der Waals surface area contributed by atoms with E-state index in [9.17, 15) is 9.18 Å². The Morgan fingerprint density at radius 1 is 1.24 bits per heavy atom. The third-order valence-corrected chi connectivity index (χ3v) is 4.48. The summed E-state index contributed by atoms with van der Waals surface area (Å²) >= 11 is 1.15. The molecule has 0 aliphatic carbocycles. The monoisotopic (exact) mass is 358 g/mol. The molecule has 1 aromatic carbocycles. The average molecular weight is 358 g/mol. The maximum absolute atomic E-state index is 14.4. The fourth-order valence-electron chi connectivity index (χ4n) is 2.25. The maximum atomic E-state index is 14.4. The van der Waals surface area contributed by atoms with E-state index in [0.29, 0.717) is 22.2 Å². The minimum atomic E-state index is -0.513. The van der Waals surface area contributed by atoms with E-state index in [1.807, 2.05) is 6.07 Å². The van der Waals surface area contributed by atoms with Gasteiger partial charge in [-0.1, -0.05) is 23.9 Å². The number of para-hydroxylation sites is 1. The van der Waals surface area contributed by atoms with Gasteiger partial charge in [0.15, 0.2) is 11.0 Å². The normalized spacial score (nSPS) is 12.0. The van der Waals surface area contributed by atoms with E-state index in [0.717, 1.165) is 11.8 Å². The Labute approximate surface area is 148 Å². The molecule has 3 rings (SSSR count). The lowest BCUT2D eigenvalue weighted by atomic mass is 10.2. The lowest BCUT2D eigenvalue weighted by Crippen LogP contribution is -2.15. The number of aromatic nitrogens is 4. The van der Waals surface area contributed by atoms with Crippen LogP contribution >= 0.6 is 11.8 Å². The number of pyridine rings is 1. The van der Waals surface area contributed by atoms with E-state index in [1.165, 1.54) is 13.2 Å². The molecule has 8 heteroatoms. The van der Waals surface area contributed by atoms with Crippen molar-refractivity contribution in [2.75, 3.05) is 7.11 Å². The minimum absolute atomic E-state index is 0.297. The summed E-state index contributed by atoms with van der Waals surface area (Å²) in [5.74, 6) is -0.367. The molecule has 0 bridgehead atoms. The summed E-state index contributed by atoms with van der Waals surface area (Å²) in [7, 11) is 1.32. The van der Waals surface area contributed by atoms with E-state index in [1.54, 1.807) is 48.1 Å². The predicted molar refractivity (Wildman–Crippen MR) is 91.9 cm³/mol. The third-order valence-electron chi connectivity index (χ3n) is 3.46. The zero-order valence-electron chi connectivity index (χ0n) is 13.6. The van der Waals surface area contributed by atoms with Crippen LogP contribution in [0.15, 0.2) is 53.9 Å². The Bertz CT molecular complexity index is 885. The lowest BCUT2D eigenvalue weighted by Gasteiger charge is -2.13. The van der Waals surface area contributed by atoms with E-state index in [2.05, 4.69) is 15.2 Å². The zero-order valence-corrected chi connectivity index (χ0v) is 14.4. The summed E-state index contributed by atoms with van der Waals surface area (Å²) in [6, 6.07) is 9.90. The molecular formula is C17H15FN4O2S. The van der Waals surface area contributed by atoms with Gasteiger partial charge in [0, 0.05) is 18.0 Å². The lowest BCUT2D eigenvalue weighted by molar-refractivity contribution is -0.139. The molecule has 0 unspecified atom stereocenters. The molecule has 0 radical (unpaired) electrons. The van der Waals surface area contributed by atoms with Crippen molar-refractivity contribution in [3.05, 3.63) is 54.6 Å². The fourth-order valence-corrected chi connectivity index (χ4v) is 3.14. The molecule has 0 spiro atoms. The van der Waals surface area contributed by atoms with Gasteiger partial charge in [-0.25, -0.2) is 4.39 Å². The van der Waals surface area contributed by atoms with Crippen LogP contribution < -0.4 is 0 Å². The van der Waals surface area contributed by atoms with Crippen molar-refractivity contribution >= 4 is 17.7 Å². The van der Waals surface area contributed by atoms with Gasteiger partial charge >= 0.3 is 5.97 Å². The SMILES string of the molecule is COC(=O)[C@H](C)Sc1nnc(-c2cccnc2)n1-c1ccccc1F. The second-order valence-electron chi connectivity index (χ2n) is 5.12. The Morgan fingerprint density at radius 3 is 2.72 bits per heavy atom. The highest BCUT2D eigenvalue weighted by Gasteiger charge is 2.23. The van der Waals surface area contributed by atoms with Crippen molar-refractivity contribution in [2.45, 2.75) is 17.3 Å². The van der Waals surface area contributed by atoms with Gasteiger partial charge in [0.1, 0.15) is 11.1 Å². The van der Waals surface area contributed by atoms with Crippen LogP contribution in [0.25, 0.3) is 17.1 Å². The van der Waals surface area contributed by atoms with E-state index >= 15 is 0 Å². The molecule has 3 aromatic rings. The molecule has 0 saturated heterocycles. The number of carbonyl (C=O) groups is 1. The van der Waals surface area contributed by atoms with Crippen molar-refractivity contribution in [3.8, 4) is 17.1 Å². The molecule has 2 heterocycles. The number of thioether (sulfide) groups is 1. The number of hydrogen-bond donors (Lipinski definition) is 0. The van der Waals surface area contributed by atoms with Crippen LogP contribution in [0.2, 0.25) is 0 Å². The van der Waals surface area contributed by atoms with E-state index in [-0.39, 0.29) is 0 Å². The number of halogens is 1. The largest absolute Gasteiger partial charge is 0.468 e. The van der Waals surface area contributed by atoms with Gasteiger partial charge in [-0.2, -0.15) is 0 Å². The van der Waals surface area contributed by atoms with Crippen LogP contribution in [0.3, 0.4) is 0 Å². The second kappa shape index (κ2) is 7.43. The van der Waals surface area contributed by atoms with Gasteiger partial charge in [-0.05, 0) is 31.2 Å². The molecule has 2 aromatic heterocycles. The average Bonchev–Trinajstić information content (AvgIpc) is 3.05. The summed E-state index contributed by atoms with van der Waals surface area (Å²) in [6.07, 6.45) is 3.27. The first-order valence-corrected chi connectivity index (χ1v) is 8.35. The van der Waals surface area contributed by atoms with E-state index < -0.39 is 17.0 Å². The van der Waals surface area contributed by atoms with Gasteiger partial charge in [-0.15, -0.1) is 10.2 Å². The van der Waals surface area contributed by atoms with Crippen LogP contribution in [-0.2, 0) is 9.53 Å². The highest BCUT2D eigenvalue weighted by Crippen LogP contribution is 2.31. The first kappa shape index (κ1) is 17.1. The number of hydrogen-bond acceptors (Lipinski definition) is 6. The maximum Gasteiger partial charge on any atom is 0.318 e. The smallest absolute Gasteiger partial charge is 0.318 e. The molecule has 0 fully saturated rings. The second-order valence-corrected chi connectivity index (χ2v) is 6.43. The number of benzene rings is 1. The van der Waals surface area contributed by atoms with Gasteiger partial charge < -0.3 is 4.74 Å². The predicted octanol–water partition coefficient (Wildman–Crippen LogP) is 3.12. The van der Waals surface area contributed by atoms with Crippen LogP contribution in [-0.4, -0.2) is 38.1 Å². The standard InChI is InChI=1S/C17H15FN4O2S/c1-11(16(23)24-2)25-17-21-20-15(12-6-5-9-19-10-12)22(17)14-8-4-3-7-13(14)18/h3-11H,1-2H3/t11-/m0/s1. The first-order chi connectivity index (χ1) is 12.1.